The zero-order valence-corrected chi connectivity index (χ0v) is 10.9. The fourth-order valence-electron chi connectivity index (χ4n) is 2.23. The van der Waals surface area contributed by atoms with Crippen LogP contribution in [0, 0.1) is 0 Å². The maximum atomic E-state index is 11.2. The third-order valence-electron chi connectivity index (χ3n) is 2.78. The van der Waals surface area contributed by atoms with Gasteiger partial charge in [-0.1, -0.05) is 0 Å². The van der Waals surface area contributed by atoms with Crippen LogP contribution in [0.25, 0.3) is 0 Å². The Morgan fingerprint density at radius 3 is 1.72 bits per heavy atom. The zero-order chi connectivity index (χ0) is 13.7. The third-order valence-corrected chi connectivity index (χ3v) is 2.78. The number of amides is 1. The van der Waals surface area contributed by atoms with Gasteiger partial charge in [0, 0.05) is 20.8 Å². The van der Waals surface area contributed by atoms with Gasteiger partial charge in [0.05, 0.1) is 0 Å². The van der Waals surface area contributed by atoms with E-state index in [-0.39, 0.29) is 5.91 Å². The first-order valence-corrected chi connectivity index (χ1v) is 6.01. The first-order chi connectivity index (χ1) is 8.40. The summed E-state index contributed by atoms with van der Waals surface area (Å²) in [6.07, 6.45) is 1.21. The van der Waals surface area contributed by atoms with Crippen molar-refractivity contribution >= 4 is 17.8 Å². The molecule has 0 unspecified atom stereocenters. The summed E-state index contributed by atoms with van der Waals surface area (Å²) in [4.78, 5) is 33.2. The Labute approximate surface area is 106 Å². The van der Waals surface area contributed by atoms with Crippen LogP contribution < -0.4 is 5.32 Å². The van der Waals surface area contributed by atoms with Crippen molar-refractivity contribution in [2.45, 2.75) is 58.3 Å². The van der Waals surface area contributed by atoms with Gasteiger partial charge < -0.3 is 14.8 Å². The highest BCUT2D eigenvalue weighted by atomic mass is 16.6. The van der Waals surface area contributed by atoms with E-state index in [9.17, 15) is 14.4 Å². The van der Waals surface area contributed by atoms with Crippen molar-refractivity contribution in [1.29, 1.82) is 0 Å². The molecule has 6 nitrogen and oxygen atoms in total. The summed E-state index contributed by atoms with van der Waals surface area (Å²) in [5, 5.41) is 2.70. The van der Waals surface area contributed by atoms with Gasteiger partial charge >= 0.3 is 11.9 Å². The number of carbonyl (C=O) groups excluding carboxylic acids is 3. The second-order valence-corrected chi connectivity index (χ2v) is 4.45. The third kappa shape index (κ3) is 4.35. The summed E-state index contributed by atoms with van der Waals surface area (Å²) >= 11 is 0. The number of ether oxygens (including phenoxy) is 2. The van der Waals surface area contributed by atoms with E-state index in [1.54, 1.807) is 0 Å². The molecule has 1 rings (SSSR count). The topological polar surface area (TPSA) is 81.7 Å². The molecule has 0 spiro atoms. The molecular formula is C12H19NO5. The molecule has 0 aromatic rings. The van der Waals surface area contributed by atoms with Crippen LogP contribution in [0.4, 0.5) is 0 Å². The van der Waals surface area contributed by atoms with E-state index in [0.717, 1.165) is 6.42 Å². The largest absolute Gasteiger partial charge is 0.460 e. The van der Waals surface area contributed by atoms with E-state index in [2.05, 4.69) is 5.32 Å². The van der Waals surface area contributed by atoms with Crippen molar-refractivity contribution in [1.82, 2.24) is 5.32 Å². The molecule has 1 amide bonds. The number of hydrogen-bond acceptors (Lipinski definition) is 5. The van der Waals surface area contributed by atoms with Gasteiger partial charge in [0.1, 0.15) is 18.2 Å². The second kappa shape index (κ2) is 6.37. The Bertz CT molecular complexity index is 317. The minimum absolute atomic E-state index is 0.240. The maximum absolute atomic E-state index is 11.2. The van der Waals surface area contributed by atoms with E-state index < -0.39 is 30.2 Å². The van der Waals surface area contributed by atoms with Crippen molar-refractivity contribution in [3.63, 3.8) is 0 Å². The van der Waals surface area contributed by atoms with Gasteiger partial charge in [-0.2, -0.15) is 0 Å². The highest BCUT2D eigenvalue weighted by molar-refractivity contribution is 5.73. The summed E-state index contributed by atoms with van der Waals surface area (Å²) in [7, 11) is 0. The van der Waals surface area contributed by atoms with Crippen LogP contribution in [0.3, 0.4) is 0 Å². The minimum atomic E-state index is -0.468. The maximum Gasteiger partial charge on any atom is 0.302 e. The molecule has 2 atom stereocenters. The van der Waals surface area contributed by atoms with Crippen LogP contribution in [0.1, 0.15) is 40.0 Å². The summed E-state index contributed by atoms with van der Waals surface area (Å²) in [5.41, 5.74) is 0. The van der Waals surface area contributed by atoms with Gasteiger partial charge in [-0.25, -0.2) is 0 Å². The quantitative estimate of drug-likeness (QED) is 0.746. The Balaban J connectivity index is 2.78. The summed E-state index contributed by atoms with van der Waals surface area (Å²) in [5.74, 6) is -1.05. The van der Waals surface area contributed by atoms with Crippen molar-refractivity contribution in [3.8, 4) is 0 Å². The lowest BCUT2D eigenvalue weighted by atomic mass is 9.89. The van der Waals surface area contributed by atoms with Crippen molar-refractivity contribution in [2.75, 3.05) is 0 Å². The standard InChI is InChI=1S/C12H19NO5/c1-7(14)13-12-10(17-8(2)15)5-4-6-11(12)18-9(3)16/h10-12H,4-6H2,1-3H3,(H,13,14)/t10-,11-/m0/s1. The molecule has 0 heterocycles. The molecule has 1 aliphatic carbocycles. The van der Waals surface area contributed by atoms with Gasteiger partial charge in [0.2, 0.25) is 5.91 Å². The number of esters is 2. The van der Waals surface area contributed by atoms with Gasteiger partial charge in [0.25, 0.3) is 0 Å². The molecule has 102 valence electrons. The molecule has 1 saturated carbocycles. The number of nitrogens with one attached hydrogen (secondary N) is 1. The van der Waals surface area contributed by atoms with Gasteiger partial charge in [-0.3, -0.25) is 14.4 Å². The van der Waals surface area contributed by atoms with Crippen molar-refractivity contribution in [3.05, 3.63) is 0 Å². The van der Waals surface area contributed by atoms with Crippen LogP contribution in [0.15, 0.2) is 0 Å². The Hall–Kier alpha value is -1.59. The van der Waals surface area contributed by atoms with Gasteiger partial charge in [-0.05, 0) is 19.3 Å². The van der Waals surface area contributed by atoms with Gasteiger partial charge in [-0.15, -0.1) is 0 Å². The van der Waals surface area contributed by atoms with E-state index in [1.165, 1.54) is 20.8 Å². The van der Waals surface area contributed by atoms with Crippen molar-refractivity contribution < 1.29 is 23.9 Å². The second-order valence-electron chi connectivity index (χ2n) is 4.45. The SMILES string of the molecule is CC(=O)NC1[C@@H](OC(C)=O)CCC[C@@H]1OC(C)=O. The Kier molecular flexibility index (Phi) is 5.12. The van der Waals surface area contributed by atoms with Crippen LogP contribution in [0.5, 0.6) is 0 Å². The number of carbonyl (C=O) groups is 3. The highest BCUT2D eigenvalue weighted by Crippen LogP contribution is 2.24. The van der Waals surface area contributed by atoms with Crippen molar-refractivity contribution in [2.24, 2.45) is 0 Å². The molecule has 0 aliphatic heterocycles. The lowest BCUT2D eigenvalue weighted by molar-refractivity contribution is -0.161. The van der Waals surface area contributed by atoms with Crippen LogP contribution in [-0.4, -0.2) is 36.1 Å². The minimum Gasteiger partial charge on any atom is -0.460 e. The molecule has 0 aromatic carbocycles. The average molecular weight is 257 g/mol. The number of hydrogen-bond donors (Lipinski definition) is 1. The molecule has 1 N–H and O–H groups in total. The molecule has 6 heteroatoms. The molecule has 18 heavy (non-hydrogen) atoms. The summed E-state index contributed by atoms with van der Waals surface area (Å²) in [6.45, 7) is 4.02. The smallest absolute Gasteiger partial charge is 0.302 e. The normalized spacial score (nSPS) is 24.2. The first kappa shape index (κ1) is 14.5. The van der Waals surface area contributed by atoms with Crippen LogP contribution in [-0.2, 0) is 23.9 Å². The van der Waals surface area contributed by atoms with E-state index in [0.29, 0.717) is 12.8 Å². The zero-order valence-electron chi connectivity index (χ0n) is 10.9. The molecule has 0 aromatic heterocycles. The summed E-state index contributed by atoms with van der Waals surface area (Å²) in [6, 6.07) is -0.468. The molecule has 1 aliphatic rings. The average Bonchev–Trinajstić information content (AvgIpc) is 2.20. The number of rotatable bonds is 3. The predicted molar refractivity (Wildman–Crippen MR) is 62.6 cm³/mol. The molecular weight excluding hydrogens is 238 g/mol. The molecule has 0 bridgehead atoms. The molecule has 0 radical (unpaired) electrons. The lowest BCUT2D eigenvalue weighted by Crippen LogP contribution is -2.55. The molecule has 0 saturated heterocycles. The van der Waals surface area contributed by atoms with E-state index in [4.69, 9.17) is 9.47 Å². The van der Waals surface area contributed by atoms with Crippen LogP contribution >= 0.6 is 0 Å². The predicted octanol–water partition coefficient (Wildman–Crippen LogP) is 0.538. The Morgan fingerprint density at radius 2 is 1.39 bits per heavy atom. The fourth-order valence-corrected chi connectivity index (χ4v) is 2.23. The highest BCUT2D eigenvalue weighted by Gasteiger charge is 2.37. The van der Waals surface area contributed by atoms with E-state index >= 15 is 0 Å². The fraction of sp³-hybridized carbons (Fsp3) is 0.750. The first-order valence-electron chi connectivity index (χ1n) is 6.01. The summed E-state index contributed by atoms with van der Waals surface area (Å²) < 4.78 is 10.3. The lowest BCUT2D eigenvalue weighted by Gasteiger charge is -2.36. The monoisotopic (exact) mass is 257 g/mol. The Morgan fingerprint density at radius 1 is 0.944 bits per heavy atom. The van der Waals surface area contributed by atoms with Gasteiger partial charge in [0.15, 0.2) is 0 Å². The van der Waals surface area contributed by atoms with Crippen LogP contribution in [0.2, 0.25) is 0 Å². The molecule has 1 fully saturated rings. The van der Waals surface area contributed by atoms with E-state index in [1.807, 2.05) is 0 Å².